The zero-order chi connectivity index (χ0) is 32.4. The van der Waals surface area contributed by atoms with Crippen molar-refractivity contribution >= 4 is 56.5 Å². The van der Waals surface area contributed by atoms with Crippen LogP contribution in [0, 0.1) is 20.2 Å². The van der Waals surface area contributed by atoms with Gasteiger partial charge in [-0.2, -0.15) is 0 Å². The number of hydrogen-bond donors (Lipinski definition) is 0. The summed E-state index contributed by atoms with van der Waals surface area (Å²) < 4.78 is 0. The van der Waals surface area contributed by atoms with Gasteiger partial charge in [0, 0.05) is 59.3 Å². The van der Waals surface area contributed by atoms with Crippen molar-refractivity contribution in [2.75, 3.05) is 33.2 Å². The normalized spacial score (nSPS) is 15.2. The predicted molar refractivity (Wildman–Crippen MR) is 166 cm³/mol. The molecule has 0 bridgehead atoms. The Labute approximate surface area is 261 Å². The molecule has 232 valence electrons. The summed E-state index contributed by atoms with van der Waals surface area (Å²) in [5.41, 5.74) is 2.52. The van der Waals surface area contributed by atoms with Gasteiger partial charge in [-0.05, 0) is 79.9 Å². The molecule has 0 unspecified atom stereocenters. The van der Waals surface area contributed by atoms with Crippen LogP contribution in [-0.4, -0.2) is 81.4 Å². The van der Waals surface area contributed by atoms with E-state index in [2.05, 4.69) is 0 Å². The van der Waals surface area contributed by atoms with Gasteiger partial charge < -0.3 is 4.90 Å². The van der Waals surface area contributed by atoms with E-state index in [4.69, 9.17) is 0 Å². The average molecular weight is 622 g/mol. The van der Waals surface area contributed by atoms with E-state index in [-0.39, 0.29) is 46.8 Å². The number of nitro groups is 2. The van der Waals surface area contributed by atoms with E-state index < -0.39 is 33.0 Å². The number of nitro benzene ring substituents is 2. The molecule has 4 aromatic carbocycles. The van der Waals surface area contributed by atoms with Crippen molar-refractivity contribution < 1.29 is 29.0 Å². The fourth-order valence-corrected chi connectivity index (χ4v) is 7.00. The Bertz CT molecular complexity index is 1960. The van der Waals surface area contributed by atoms with Gasteiger partial charge >= 0.3 is 0 Å². The lowest BCUT2D eigenvalue weighted by molar-refractivity contribution is -0.385. The molecule has 0 saturated carbocycles. The van der Waals surface area contributed by atoms with Crippen LogP contribution >= 0.6 is 0 Å². The van der Waals surface area contributed by atoms with Crippen LogP contribution in [0.25, 0.3) is 21.5 Å². The van der Waals surface area contributed by atoms with Gasteiger partial charge in [0.15, 0.2) is 0 Å². The summed E-state index contributed by atoms with van der Waals surface area (Å²) in [5.74, 6) is -1.99. The molecule has 13 nitrogen and oxygen atoms in total. The van der Waals surface area contributed by atoms with Crippen molar-refractivity contribution in [1.29, 1.82) is 0 Å². The quantitative estimate of drug-likeness (QED) is 0.141. The average Bonchev–Trinajstić information content (AvgIpc) is 3.46. The Kier molecular flexibility index (Phi) is 6.85. The highest BCUT2D eigenvalue weighted by Crippen LogP contribution is 2.39. The standard InChI is InChI=1S/C33H27N5O8/c1-34(10-2-12-35-30(39)23-8-6-18-4-5-19-7-9-24(31(35)40)29(23)27(18)19)11-3-13-36-32(41)25-16-21(37(43)44)14-20-15-22(38(45)46)17-26(28(20)25)33(36)42/h6-9,14-17H,2-5,10-13H2,1H3. The first kappa shape index (κ1) is 29.2. The molecule has 0 N–H and O–H groups in total. The van der Waals surface area contributed by atoms with Crippen molar-refractivity contribution in [1.82, 2.24) is 14.7 Å². The lowest BCUT2D eigenvalue weighted by atomic mass is 9.91. The van der Waals surface area contributed by atoms with Gasteiger partial charge in [0.05, 0.1) is 21.0 Å². The molecule has 4 amide bonds. The van der Waals surface area contributed by atoms with Crippen LogP contribution in [0.1, 0.15) is 65.4 Å². The van der Waals surface area contributed by atoms with Gasteiger partial charge in [-0.25, -0.2) is 0 Å². The van der Waals surface area contributed by atoms with Crippen LogP contribution in [0.2, 0.25) is 0 Å². The molecule has 7 rings (SSSR count). The van der Waals surface area contributed by atoms with Crippen molar-refractivity contribution in [2.24, 2.45) is 0 Å². The number of carbonyl (C=O) groups is 4. The summed E-state index contributed by atoms with van der Waals surface area (Å²) >= 11 is 0. The molecular formula is C33H27N5O8. The number of benzene rings is 4. The van der Waals surface area contributed by atoms with E-state index in [0.717, 1.165) is 52.8 Å². The summed E-state index contributed by atoms with van der Waals surface area (Å²) in [7, 11) is 1.84. The minimum Gasteiger partial charge on any atom is -0.306 e. The van der Waals surface area contributed by atoms with Gasteiger partial charge in [-0.3, -0.25) is 49.2 Å². The van der Waals surface area contributed by atoms with Gasteiger partial charge in [0.2, 0.25) is 0 Å². The van der Waals surface area contributed by atoms with Crippen LogP contribution in [-0.2, 0) is 12.8 Å². The molecule has 2 aliphatic heterocycles. The number of rotatable bonds is 10. The molecule has 0 radical (unpaired) electrons. The first-order valence-electron chi connectivity index (χ1n) is 14.9. The molecule has 2 heterocycles. The zero-order valence-electron chi connectivity index (χ0n) is 24.8. The molecule has 4 aromatic rings. The van der Waals surface area contributed by atoms with Crippen molar-refractivity contribution in [3.8, 4) is 0 Å². The van der Waals surface area contributed by atoms with Crippen LogP contribution in [0.15, 0.2) is 48.5 Å². The van der Waals surface area contributed by atoms with E-state index in [1.54, 1.807) is 0 Å². The first-order valence-corrected chi connectivity index (χ1v) is 14.9. The SMILES string of the molecule is CN(CCCN1C(=O)c2cc([N+](=O)[O-])cc3cc([N+](=O)[O-])cc(c23)C1=O)CCCN1C(=O)c2ccc3c4c(ccc(c24)C1=O)CC3. The molecule has 1 aliphatic carbocycles. The van der Waals surface area contributed by atoms with Crippen LogP contribution in [0.3, 0.4) is 0 Å². The van der Waals surface area contributed by atoms with E-state index in [1.165, 1.54) is 16.0 Å². The smallest absolute Gasteiger partial charge is 0.270 e. The third kappa shape index (κ3) is 4.50. The fraction of sp³-hybridized carbons (Fsp3) is 0.273. The first-order chi connectivity index (χ1) is 22.0. The number of amides is 4. The Balaban J connectivity index is 0.998. The number of non-ortho nitro benzene ring substituents is 2. The van der Waals surface area contributed by atoms with Crippen molar-refractivity contribution in [3.05, 3.63) is 102 Å². The Hall–Kier alpha value is -5.56. The maximum Gasteiger partial charge on any atom is 0.270 e. The molecular weight excluding hydrogens is 594 g/mol. The summed E-state index contributed by atoms with van der Waals surface area (Å²) in [4.78, 5) is 79.3. The molecule has 3 aliphatic rings. The van der Waals surface area contributed by atoms with Gasteiger partial charge in [-0.1, -0.05) is 12.1 Å². The van der Waals surface area contributed by atoms with Gasteiger partial charge in [0.1, 0.15) is 0 Å². The van der Waals surface area contributed by atoms with E-state index in [9.17, 15) is 39.4 Å². The fourth-order valence-electron chi connectivity index (χ4n) is 7.00. The largest absolute Gasteiger partial charge is 0.306 e. The van der Waals surface area contributed by atoms with E-state index in [1.807, 2.05) is 36.2 Å². The molecule has 46 heavy (non-hydrogen) atoms. The highest BCUT2D eigenvalue weighted by atomic mass is 16.6. The van der Waals surface area contributed by atoms with Gasteiger partial charge in [0.25, 0.3) is 35.0 Å². The van der Waals surface area contributed by atoms with Crippen LogP contribution in [0.4, 0.5) is 11.4 Å². The third-order valence-electron chi connectivity index (χ3n) is 9.18. The minimum atomic E-state index is -0.699. The van der Waals surface area contributed by atoms with Gasteiger partial charge in [-0.15, -0.1) is 0 Å². The van der Waals surface area contributed by atoms with Crippen LogP contribution < -0.4 is 0 Å². The zero-order valence-corrected chi connectivity index (χ0v) is 24.8. The van der Waals surface area contributed by atoms with Crippen molar-refractivity contribution in [2.45, 2.75) is 25.7 Å². The maximum atomic E-state index is 13.4. The monoisotopic (exact) mass is 621 g/mol. The topological polar surface area (TPSA) is 164 Å². The number of hydrogen-bond acceptors (Lipinski definition) is 9. The molecule has 0 spiro atoms. The third-order valence-corrected chi connectivity index (χ3v) is 9.18. The molecule has 0 saturated heterocycles. The second-order valence-corrected chi connectivity index (χ2v) is 11.9. The molecule has 13 heteroatoms. The van der Waals surface area contributed by atoms with E-state index >= 15 is 0 Å². The number of imide groups is 2. The highest BCUT2D eigenvalue weighted by Gasteiger charge is 2.37. The maximum absolute atomic E-state index is 13.4. The van der Waals surface area contributed by atoms with Crippen molar-refractivity contribution in [3.63, 3.8) is 0 Å². The Morgan fingerprint density at radius 3 is 1.50 bits per heavy atom. The molecule has 0 atom stereocenters. The highest BCUT2D eigenvalue weighted by molar-refractivity contribution is 6.27. The minimum absolute atomic E-state index is 0.0117. The predicted octanol–water partition coefficient (Wildman–Crippen LogP) is 4.51. The Morgan fingerprint density at radius 1 is 0.630 bits per heavy atom. The second-order valence-electron chi connectivity index (χ2n) is 11.9. The van der Waals surface area contributed by atoms with E-state index in [0.29, 0.717) is 37.1 Å². The number of carbonyl (C=O) groups excluding carboxylic acids is 4. The summed E-state index contributed by atoms with van der Waals surface area (Å²) in [6, 6.07) is 12.0. The molecule has 0 aromatic heterocycles. The number of nitrogens with zero attached hydrogens (tertiary/aromatic N) is 5. The summed E-state index contributed by atoms with van der Waals surface area (Å²) in [5, 5.41) is 25.1. The lowest BCUT2D eigenvalue weighted by Crippen LogP contribution is -2.42. The Morgan fingerprint density at radius 2 is 1.07 bits per heavy atom. The second kappa shape index (κ2) is 10.8. The summed E-state index contributed by atoms with van der Waals surface area (Å²) in [6.07, 6.45) is 2.68. The van der Waals surface area contributed by atoms with Crippen LogP contribution in [0.5, 0.6) is 0 Å². The number of aryl methyl sites for hydroxylation is 2. The summed E-state index contributed by atoms with van der Waals surface area (Å²) in [6.45, 7) is 1.20. The molecule has 0 fully saturated rings. The lowest BCUT2D eigenvalue weighted by Gasteiger charge is -2.29.